The van der Waals surface area contributed by atoms with Crippen LogP contribution in [0.2, 0.25) is 5.02 Å². The van der Waals surface area contributed by atoms with Crippen molar-refractivity contribution in [1.29, 1.82) is 0 Å². The Morgan fingerprint density at radius 2 is 1.59 bits per heavy atom. The molecule has 0 atom stereocenters. The minimum Gasteiger partial charge on any atom is -0.353 e. The van der Waals surface area contributed by atoms with Crippen molar-refractivity contribution in [2.45, 2.75) is 20.3 Å². The van der Waals surface area contributed by atoms with Gasteiger partial charge in [-0.15, -0.1) is 0 Å². The smallest absolute Gasteiger partial charge is 0.254 e. The Balaban J connectivity index is 1.36. The van der Waals surface area contributed by atoms with Crippen molar-refractivity contribution in [1.82, 2.24) is 14.9 Å². The lowest BCUT2D eigenvalue weighted by molar-refractivity contribution is 0.0748. The molecule has 6 heteroatoms. The number of carbonyl (C=O) groups excluding carboxylic acids is 1. The van der Waals surface area contributed by atoms with Crippen molar-refractivity contribution in [3.05, 3.63) is 100.0 Å². The number of nitrogens with zero attached hydrogens (tertiary/aromatic N) is 4. The van der Waals surface area contributed by atoms with Crippen molar-refractivity contribution in [2.75, 3.05) is 31.1 Å². The third-order valence-electron chi connectivity index (χ3n) is 6.48. The minimum atomic E-state index is 0.0906. The molecule has 1 saturated heterocycles. The first kappa shape index (κ1) is 22.4. The molecule has 1 aromatic heterocycles. The number of aryl methyl sites for hydroxylation is 2. The average molecular weight is 471 g/mol. The van der Waals surface area contributed by atoms with Crippen LogP contribution in [-0.2, 0) is 6.42 Å². The molecule has 0 radical (unpaired) electrons. The topological polar surface area (TPSA) is 49.3 Å². The Hall–Kier alpha value is -3.44. The summed E-state index contributed by atoms with van der Waals surface area (Å²) in [6.07, 6.45) is 0.744. The quantitative estimate of drug-likeness (QED) is 0.397. The minimum absolute atomic E-state index is 0.0906. The first-order chi connectivity index (χ1) is 16.5. The zero-order chi connectivity index (χ0) is 23.7. The Labute approximate surface area is 205 Å². The number of anilines is 1. The molecule has 4 aromatic rings. The summed E-state index contributed by atoms with van der Waals surface area (Å²) in [5, 5.41) is 2.82. The summed E-state index contributed by atoms with van der Waals surface area (Å²) in [5.41, 5.74) is 4.06. The van der Waals surface area contributed by atoms with Crippen molar-refractivity contribution >= 4 is 34.1 Å². The largest absolute Gasteiger partial charge is 0.353 e. The molecular formula is C28H27ClN4O. The first-order valence-electron chi connectivity index (χ1n) is 11.6. The van der Waals surface area contributed by atoms with Crippen LogP contribution < -0.4 is 4.90 Å². The summed E-state index contributed by atoms with van der Waals surface area (Å²) in [6.45, 7) is 6.77. The third-order valence-corrected chi connectivity index (χ3v) is 6.74. The van der Waals surface area contributed by atoms with E-state index < -0.39 is 0 Å². The molecule has 1 aliphatic rings. The molecule has 0 spiro atoms. The summed E-state index contributed by atoms with van der Waals surface area (Å²) in [5.74, 6) is 1.83. The van der Waals surface area contributed by atoms with E-state index in [4.69, 9.17) is 16.6 Å². The SMILES string of the molecule is Cc1nc(C)c(Cc2ccc(Cl)cc2)c(N2CCN(C(=O)c3cccc4ccccc34)CC2)n1. The highest BCUT2D eigenvalue weighted by molar-refractivity contribution is 6.30. The fourth-order valence-electron chi connectivity index (χ4n) is 4.70. The maximum absolute atomic E-state index is 13.4. The van der Waals surface area contributed by atoms with E-state index in [-0.39, 0.29) is 5.91 Å². The van der Waals surface area contributed by atoms with Gasteiger partial charge in [-0.3, -0.25) is 4.79 Å². The van der Waals surface area contributed by atoms with Crippen LogP contribution in [0.4, 0.5) is 5.82 Å². The zero-order valence-electron chi connectivity index (χ0n) is 19.5. The van der Waals surface area contributed by atoms with Gasteiger partial charge in [-0.25, -0.2) is 9.97 Å². The van der Waals surface area contributed by atoms with Crippen LogP contribution in [0.3, 0.4) is 0 Å². The van der Waals surface area contributed by atoms with Gasteiger partial charge >= 0.3 is 0 Å². The van der Waals surface area contributed by atoms with Crippen molar-refractivity contribution in [2.24, 2.45) is 0 Å². The van der Waals surface area contributed by atoms with Crippen molar-refractivity contribution in [3.8, 4) is 0 Å². The highest BCUT2D eigenvalue weighted by Gasteiger charge is 2.26. The monoisotopic (exact) mass is 470 g/mol. The number of carbonyl (C=O) groups is 1. The van der Waals surface area contributed by atoms with E-state index >= 15 is 0 Å². The number of halogens is 1. The van der Waals surface area contributed by atoms with Crippen molar-refractivity contribution < 1.29 is 4.79 Å². The van der Waals surface area contributed by atoms with Gasteiger partial charge in [0.05, 0.1) is 0 Å². The number of hydrogen-bond donors (Lipinski definition) is 0. The number of fused-ring (bicyclic) bond motifs is 1. The number of rotatable bonds is 4. The van der Waals surface area contributed by atoms with Crippen LogP contribution in [0.5, 0.6) is 0 Å². The van der Waals surface area contributed by atoms with Gasteiger partial charge in [0.25, 0.3) is 5.91 Å². The fourth-order valence-corrected chi connectivity index (χ4v) is 4.82. The molecule has 3 aromatic carbocycles. The van der Waals surface area contributed by atoms with Gasteiger partial charge < -0.3 is 9.80 Å². The van der Waals surface area contributed by atoms with Gasteiger partial charge in [0.2, 0.25) is 0 Å². The van der Waals surface area contributed by atoms with Gasteiger partial charge in [-0.05, 0) is 48.4 Å². The lowest BCUT2D eigenvalue weighted by Crippen LogP contribution is -2.49. The summed E-state index contributed by atoms with van der Waals surface area (Å²) < 4.78 is 0. The molecule has 2 heterocycles. The van der Waals surface area contributed by atoms with Gasteiger partial charge in [-0.2, -0.15) is 0 Å². The second kappa shape index (κ2) is 9.43. The zero-order valence-corrected chi connectivity index (χ0v) is 20.2. The summed E-state index contributed by atoms with van der Waals surface area (Å²) in [4.78, 5) is 27.1. The highest BCUT2D eigenvalue weighted by atomic mass is 35.5. The molecule has 5 nitrogen and oxygen atoms in total. The van der Waals surface area contributed by atoms with Crippen molar-refractivity contribution in [3.63, 3.8) is 0 Å². The van der Waals surface area contributed by atoms with Crippen LogP contribution in [0.1, 0.15) is 33.0 Å². The fraction of sp³-hybridized carbons (Fsp3) is 0.250. The van der Waals surface area contributed by atoms with Crippen LogP contribution in [0, 0.1) is 13.8 Å². The average Bonchev–Trinajstić information content (AvgIpc) is 2.86. The molecule has 1 amide bonds. The molecule has 0 unspecified atom stereocenters. The van der Waals surface area contributed by atoms with E-state index in [1.165, 1.54) is 5.56 Å². The number of benzene rings is 3. The van der Waals surface area contributed by atoms with E-state index in [1.807, 2.05) is 85.5 Å². The molecule has 0 N–H and O–H groups in total. The Bertz CT molecular complexity index is 1340. The van der Waals surface area contributed by atoms with Crippen LogP contribution in [-0.4, -0.2) is 47.0 Å². The van der Waals surface area contributed by atoms with E-state index in [0.29, 0.717) is 13.1 Å². The van der Waals surface area contributed by atoms with Crippen LogP contribution >= 0.6 is 11.6 Å². The molecule has 1 aliphatic heterocycles. The van der Waals surface area contributed by atoms with E-state index in [0.717, 1.165) is 63.8 Å². The maximum atomic E-state index is 13.4. The normalized spacial score (nSPS) is 14.0. The van der Waals surface area contributed by atoms with E-state index in [1.54, 1.807) is 0 Å². The summed E-state index contributed by atoms with van der Waals surface area (Å²) >= 11 is 6.07. The second-order valence-electron chi connectivity index (χ2n) is 8.77. The highest BCUT2D eigenvalue weighted by Crippen LogP contribution is 2.27. The summed E-state index contributed by atoms with van der Waals surface area (Å²) in [6, 6.07) is 21.9. The first-order valence-corrected chi connectivity index (χ1v) is 12.0. The molecule has 172 valence electrons. The maximum Gasteiger partial charge on any atom is 0.254 e. The molecule has 0 bridgehead atoms. The molecule has 1 fully saturated rings. The molecule has 0 aliphatic carbocycles. The molecule has 5 rings (SSSR count). The van der Waals surface area contributed by atoms with E-state index in [9.17, 15) is 4.79 Å². The lowest BCUT2D eigenvalue weighted by Gasteiger charge is -2.36. The molecular weight excluding hydrogens is 444 g/mol. The van der Waals surface area contributed by atoms with Gasteiger partial charge in [0.15, 0.2) is 0 Å². The Morgan fingerprint density at radius 3 is 2.35 bits per heavy atom. The number of hydrogen-bond acceptors (Lipinski definition) is 4. The Kier molecular flexibility index (Phi) is 6.20. The predicted molar refractivity (Wildman–Crippen MR) is 138 cm³/mol. The van der Waals surface area contributed by atoms with Gasteiger partial charge in [0.1, 0.15) is 11.6 Å². The number of piperazine rings is 1. The molecule has 34 heavy (non-hydrogen) atoms. The Morgan fingerprint density at radius 1 is 0.882 bits per heavy atom. The standard InChI is InChI=1S/C28H27ClN4O/c1-19-26(18-21-10-12-23(29)13-11-21)27(31-20(2)30-19)32-14-16-33(17-15-32)28(34)25-9-5-7-22-6-3-4-8-24(22)25/h3-13H,14-18H2,1-2H3. The van der Waals surface area contributed by atoms with Crippen LogP contribution in [0.15, 0.2) is 66.7 Å². The van der Waals surface area contributed by atoms with Crippen LogP contribution in [0.25, 0.3) is 10.8 Å². The third kappa shape index (κ3) is 4.48. The predicted octanol–water partition coefficient (Wildman–Crippen LogP) is 5.45. The van der Waals surface area contributed by atoms with Gasteiger partial charge in [0, 0.05) is 54.4 Å². The number of aromatic nitrogens is 2. The second-order valence-corrected chi connectivity index (χ2v) is 9.20. The van der Waals surface area contributed by atoms with Gasteiger partial charge in [-0.1, -0.05) is 60.1 Å². The summed E-state index contributed by atoms with van der Waals surface area (Å²) in [7, 11) is 0. The number of amides is 1. The lowest BCUT2D eigenvalue weighted by atomic mass is 10.0. The molecule has 0 saturated carbocycles. The van der Waals surface area contributed by atoms with E-state index in [2.05, 4.69) is 9.88 Å².